The monoisotopic (exact) mass is 394 g/mol. The van der Waals surface area contributed by atoms with Crippen LogP contribution in [0.1, 0.15) is 25.7 Å². The first-order chi connectivity index (χ1) is 13.0. The van der Waals surface area contributed by atoms with Crippen molar-refractivity contribution in [3.05, 3.63) is 41.4 Å². The Kier molecular flexibility index (Phi) is 6.41. The van der Waals surface area contributed by atoms with Crippen molar-refractivity contribution in [2.75, 3.05) is 17.2 Å². The van der Waals surface area contributed by atoms with Crippen LogP contribution in [-0.4, -0.2) is 39.8 Å². The summed E-state index contributed by atoms with van der Waals surface area (Å²) < 4.78 is 18.6. The highest BCUT2D eigenvalue weighted by Crippen LogP contribution is 2.25. The van der Waals surface area contributed by atoms with Crippen molar-refractivity contribution in [3.8, 4) is 0 Å². The zero-order valence-corrected chi connectivity index (χ0v) is 15.2. The maximum atomic E-state index is 13.2. The first kappa shape index (κ1) is 19.3. The molecule has 0 bridgehead atoms. The van der Waals surface area contributed by atoms with Gasteiger partial charge in [0, 0.05) is 17.8 Å². The molecule has 0 aliphatic heterocycles. The zero-order chi connectivity index (χ0) is 19.2. The lowest BCUT2D eigenvalue weighted by Crippen LogP contribution is -2.31. The SMILES string of the molecule is O=C(O)CO[C@H]1CC[C@H](Nc2cc(Nc3ccc(F)c(Cl)c3)ncn2)CC1. The predicted molar refractivity (Wildman–Crippen MR) is 100.0 cm³/mol. The Labute approximate surface area is 160 Å². The standard InChI is InChI=1S/C18H20ClFN4O3/c19-14-7-12(3-6-15(14)20)24-17-8-16(21-10-22-17)23-11-1-4-13(5-2-11)27-9-18(25)26/h3,6-8,10-11,13H,1-2,4-5,9H2,(H,25,26)(H2,21,22,23,24)/t11-,13-. The summed E-state index contributed by atoms with van der Waals surface area (Å²) >= 11 is 5.79. The Morgan fingerprint density at radius 3 is 2.67 bits per heavy atom. The predicted octanol–water partition coefficient (Wildman–Crippen LogP) is 3.84. The molecule has 1 aromatic carbocycles. The van der Waals surface area contributed by atoms with Crippen LogP contribution in [0.15, 0.2) is 30.6 Å². The van der Waals surface area contributed by atoms with E-state index in [1.165, 1.54) is 18.5 Å². The van der Waals surface area contributed by atoms with Gasteiger partial charge in [-0.15, -0.1) is 0 Å². The topological polar surface area (TPSA) is 96.4 Å². The Morgan fingerprint density at radius 1 is 1.22 bits per heavy atom. The van der Waals surface area contributed by atoms with Gasteiger partial charge in [0.05, 0.1) is 11.1 Å². The van der Waals surface area contributed by atoms with Crippen LogP contribution >= 0.6 is 11.6 Å². The van der Waals surface area contributed by atoms with E-state index < -0.39 is 11.8 Å². The quantitative estimate of drug-likeness (QED) is 0.656. The number of anilines is 3. The second-order valence-corrected chi connectivity index (χ2v) is 6.77. The molecule has 0 unspecified atom stereocenters. The first-order valence-corrected chi connectivity index (χ1v) is 9.01. The van der Waals surface area contributed by atoms with Crippen LogP contribution in [0.5, 0.6) is 0 Å². The van der Waals surface area contributed by atoms with Crippen molar-refractivity contribution in [3.63, 3.8) is 0 Å². The van der Waals surface area contributed by atoms with E-state index in [0.717, 1.165) is 25.7 Å². The Balaban J connectivity index is 1.53. The molecule has 0 spiro atoms. The molecule has 1 heterocycles. The fourth-order valence-electron chi connectivity index (χ4n) is 3.00. The van der Waals surface area contributed by atoms with Gasteiger partial charge in [-0.2, -0.15) is 0 Å². The van der Waals surface area contributed by atoms with Gasteiger partial charge in [0.1, 0.15) is 30.4 Å². The number of halogens is 2. The highest BCUT2D eigenvalue weighted by atomic mass is 35.5. The molecule has 144 valence electrons. The largest absolute Gasteiger partial charge is 0.480 e. The number of hydrogen-bond donors (Lipinski definition) is 3. The van der Waals surface area contributed by atoms with E-state index in [-0.39, 0.29) is 23.8 Å². The van der Waals surface area contributed by atoms with Crippen LogP contribution in [0.25, 0.3) is 0 Å². The van der Waals surface area contributed by atoms with Crippen LogP contribution in [0, 0.1) is 5.82 Å². The van der Waals surface area contributed by atoms with E-state index in [2.05, 4.69) is 20.6 Å². The molecular formula is C18H20ClFN4O3. The molecule has 0 saturated heterocycles. The number of benzene rings is 1. The molecule has 7 nitrogen and oxygen atoms in total. The average molecular weight is 395 g/mol. The summed E-state index contributed by atoms with van der Waals surface area (Å²) in [6.07, 6.45) is 4.77. The minimum Gasteiger partial charge on any atom is -0.480 e. The second-order valence-electron chi connectivity index (χ2n) is 6.37. The minimum absolute atomic E-state index is 0.00926. The summed E-state index contributed by atoms with van der Waals surface area (Å²) in [5, 5.41) is 15.1. The van der Waals surface area contributed by atoms with Gasteiger partial charge < -0.3 is 20.5 Å². The summed E-state index contributed by atoms with van der Waals surface area (Å²) in [5.74, 6) is -0.182. The van der Waals surface area contributed by atoms with Gasteiger partial charge in [-0.3, -0.25) is 0 Å². The summed E-state index contributed by atoms with van der Waals surface area (Å²) in [7, 11) is 0. The van der Waals surface area contributed by atoms with Crippen LogP contribution in [0.4, 0.5) is 21.7 Å². The molecule has 0 radical (unpaired) electrons. The van der Waals surface area contributed by atoms with Crippen molar-refractivity contribution in [2.24, 2.45) is 0 Å². The lowest BCUT2D eigenvalue weighted by molar-refractivity contribution is -0.145. The molecule has 2 aromatic rings. The van der Waals surface area contributed by atoms with Gasteiger partial charge in [-0.25, -0.2) is 19.2 Å². The van der Waals surface area contributed by atoms with Gasteiger partial charge in [0.15, 0.2) is 0 Å². The van der Waals surface area contributed by atoms with Crippen molar-refractivity contribution in [2.45, 2.75) is 37.8 Å². The minimum atomic E-state index is -0.946. The van der Waals surface area contributed by atoms with E-state index in [1.54, 1.807) is 12.1 Å². The molecular weight excluding hydrogens is 375 g/mol. The fourth-order valence-corrected chi connectivity index (χ4v) is 3.18. The summed E-state index contributed by atoms with van der Waals surface area (Å²) in [5.41, 5.74) is 0.627. The molecule has 3 N–H and O–H groups in total. The number of hydrogen-bond acceptors (Lipinski definition) is 6. The zero-order valence-electron chi connectivity index (χ0n) is 14.5. The maximum Gasteiger partial charge on any atom is 0.329 e. The number of carboxylic acid groups (broad SMARTS) is 1. The van der Waals surface area contributed by atoms with E-state index >= 15 is 0 Å². The summed E-state index contributed by atoms with van der Waals surface area (Å²) in [4.78, 5) is 18.9. The average Bonchev–Trinajstić information content (AvgIpc) is 2.64. The smallest absolute Gasteiger partial charge is 0.329 e. The molecule has 3 rings (SSSR count). The van der Waals surface area contributed by atoms with Crippen molar-refractivity contribution >= 4 is 34.9 Å². The van der Waals surface area contributed by atoms with Crippen LogP contribution in [-0.2, 0) is 9.53 Å². The van der Waals surface area contributed by atoms with Crippen LogP contribution in [0.3, 0.4) is 0 Å². The maximum absolute atomic E-state index is 13.2. The third-order valence-electron chi connectivity index (χ3n) is 4.33. The van der Waals surface area contributed by atoms with Gasteiger partial charge >= 0.3 is 5.97 Å². The highest BCUT2D eigenvalue weighted by molar-refractivity contribution is 6.31. The number of aromatic nitrogens is 2. The fraction of sp³-hybridized carbons (Fsp3) is 0.389. The number of aliphatic carboxylic acids is 1. The molecule has 1 aliphatic carbocycles. The van der Waals surface area contributed by atoms with Crippen molar-refractivity contribution in [1.29, 1.82) is 0 Å². The highest BCUT2D eigenvalue weighted by Gasteiger charge is 2.22. The molecule has 1 aromatic heterocycles. The molecule has 0 amide bonds. The molecule has 27 heavy (non-hydrogen) atoms. The van der Waals surface area contributed by atoms with Crippen molar-refractivity contribution in [1.82, 2.24) is 9.97 Å². The van der Waals surface area contributed by atoms with Gasteiger partial charge in [0.2, 0.25) is 0 Å². The Hall–Kier alpha value is -2.45. The van der Waals surface area contributed by atoms with Gasteiger partial charge in [-0.1, -0.05) is 11.6 Å². The molecule has 9 heteroatoms. The van der Waals surface area contributed by atoms with Gasteiger partial charge in [0.25, 0.3) is 0 Å². The lowest BCUT2D eigenvalue weighted by Gasteiger charge is -2.29. The number of rotatable bonds is 7. The van der Waals surface area contributed by atoms with E-state index in [9.17, 15) is 9.18 Å². The summed E-state index contributed by atoms with van der Waals surface area (Å²) in [6, 6.07) is 6.36. The number of nitrogens with zero attached hydrogens (tertiary/aromatic N) is 2. The molecule has 1 saturated carbocycles. The Morgan fingerprint density at radius 2 is 1.96 bits per heavy atom. The van der Waals surface area contributed by atoms with Gasteiger partial charge in [-0.05, 0) is 43.9 Å². The number of nitrogens with one attached hydrogen (secondary N) is 2. The number of carboxylic acids is 1. The first-order valence-electron chi connectivity index (χ1n) is 8.63. The van der Waals surface area contributed by atoms with Crippen molar-refractivity contribution < 1.29 is 19.0 Å². The third-order valence-corrected chi connectivity index (χ3v) is 4.62. The normalized spacial score (nSPS) is 19.5. The summed E-state index contributed by atoms with van der Waals surface area (Å²) in [6.45, 7) is -0.253. The molecule has 1 aliphatic rings. The third kappa shape index (κ3) is 5.77. The van der Waals surface area contributed by atoms with Crippen LogP contribution < -0.4 is 10.6 Å². The second kappa shape index (κ2) is 8.96. The van der Waals surface area contributed by atoms with E-state index in [4.69, 9.17) is 21.4 Å². The molecule has 0 atom stereocenters. The van der Waals surface area contributed by atoms with Crippen LogP contribution in [0.2, 0.25) is 5.02 Å². The number of ether oxygens (including phenoxy) is 1. The van der Waals surface area contributed by atoms with E-state index in [1.807, 2.05) is 0 Å². The van der Waals surface area contributed by atoms with E-state index in [0.29, 0.717) is 17.3 Å². The lowest BCUT2D eigenvalue weighted by atomic mass is 9.93. The Bertz CT molecular complexity index is 800. The molecule has 1 fully saturated rings. The number of carbonyl (C=O) groups is 1.